The molecular weight excluding hydrogens is 316 g/mol. The molecular formula is C12H13BrN2O4. The van der Waals surface area contributed by atoms with Gasteiger partial charge in [0, 0.05) is 17.6 Å². The Morgan fingerprint density at radius 3 is 2.74 bits per heavy atom. The van der Waals surface area contributed by atoms with Crippen molar-refractivity contribution < 1.29 is 19.8 Å². The molecule has 0 aromatic heterocycles. The number of hydrogen-bond acceptors (Lipinski definition) is 3. The summed E-state index contributed by atoms with van der Waals surface area (Å²) in [7, 11) is 0. The van der Waals surface area contributed by atoms with Crippen molar-refractivity contribution in [2.45, 2.75) is 12.5 Å². The standard InChI is InChI=1S/C12H13BrN2O4/c13-9-2-1-7(11(17)18)5-10(9)14-12(19)15-4-3-8(16)6-15/h1-2,5,8,16H,3-4,6H2,(H,14,19)(H,17,18). The third-order valence-electron chi connectivity index (χ3n) is 2.91. The molecule has 1 aliphatic heterocycles. The summed E-state index contributed by atoms with van der Waals surface area (Å²) in [6, 6.07) is 4.05. The van der Waals surface area contributed by atoms with Crippen LogP contribution in [0.5, 0.6) is 0 Å². The smallest absolute Gasteiger partial charge is 0.335 e. The molecule has 7 heteroatoms. The van der Waals surface area contributed by atoms with Gasteiger partial charge in [-0.25, -0.2) is 9.59 Å². The number of anilines is 1. The second kappa shape index (κ2) is 5.58. The van der Waals surface area contributed by atoms with Gasteiger partial charge in [-0.05, 0) is 40.5 Å². The number of urea groups is 1. The van der Waals surface area contributed by atoms with Crippen LogP contribution in [0.15, 0.2) is 22.7 Å². The predicted molar refractivity (Wildman–Crippen MR) is 72.3 cm³/mol. The third kappa shape index (κ3) is 3.24. The number of carboxylic acid groups (broad SMARTS) is 1. The molecule has 1 aliphatic rings. The Bertz CT molecular complexity index is 520. The van der Waals surface area contributed by atoms with Gasteiger partial charge in [0.1, 0.15) is 0 Å². The van der Waals surface area contributed by atoms with E-state index in [4.69, 9.17) is 5.11 Å². The van der Waals surface area contributed by atoms with Crippen LogP contribution in [0.1, 0.15) is 16.8 Å². The molecule has 0 spiro atoms. The van der Waals surface area contributed by atoms with Crippen molar-refractivity contribution in [2.24, 2.45) is 0 Å². The zero-order valence-corrected chi connectivity index (χ0v) is 11.6. The number of aliphatic hydroxyl groups excluding tert-OH is 1. The second-order valence-electron chi connectivity index (χ2n) is 4.32. The van der Waals surface area contributed by atoms with Gasteiger partial charge in [-0.1, -0.05) is 0 Å². The first-order valence-corrected chi connectivity index (χ1v) is 6.53. The molecule has 1 aromatic carbocycles. The van der Waals surface area contributed by atoms with Crippen LogP contribution >= 0.6 is 15.9 Å². The van der Waals surface area contributed by atoms with Crippen LogP contribution in [0.25, 0.3) is 0 Å². The number of aliphatic hydroxyl groups is 1. The van der Waals surface area contributed by atoms with Gasteiger partial charge in [0.05, 0.1) is 17.4 Å². The molecule has 2 rings (SSSR count). The number of nitrogens with zero attached hydrogens (tertiary/aromatic N) is 1. The summed E-state index contributed by atoms with van der Waals surface area (Å²) in [6.07, 6.45) is 0.0727. The molecule has 1 atom stereocenters. The van der Waals surface area contributed by atoms with Crippen molar-refractivity contribution in [3.63, 3.8) is 0 Å². The number of likely N-dealkylation sites (tertiary alicyclic amines) is 1. The van der Waals surface area contributed by atoms with E-state index in [1.807, 2.05) is 0 Å². The zero-order valence-electron chi connectivity index (χ0n) is 9.97. The number of aromatic carboxylic acids is 1. The van der Waals surface area contributed by atoms with E-state index in [1.165, 1.54) is 17.0 Å². The molecule has 0 radical (unpaired) electrons. The maximum absolute atomic E-state index is 11.9. The normalized spacial score (nSPS) is 18.4. The van der Waals surface area contributed by atoms with Crippen LogP contribution in [-0.2, 0) is 0 Å². The van der Waals surface area contributed by atoms with Crippen LogP contribution < -0.4 is 5.32 Å². The number of carbonyl (C=O) groups is 2. The first kappa shape index (κ1) is 13.8. The Morgan fingerprint density at radius 1 is 1.42 bits per heavy atom. The Morgan fingerprint density at radius 2 is 2.16 bits per heavy atom. The second-order valence-corrected chi connectivity index (χ2v) is 5.17. The number of hydrogen-bond donors (Lipinski definition) is 3. The van der Waals surface area contributed by atoms with E-state index in [1.54, 1.807) is 6.07 Å². The van der Waals surface area contributed by atoms with Crippen molar-refractivity contribution in [2.75, 3.05) is 18.4 Å². The van der Waals surface area contributed by atoms with Gasteiger partial charge in [0.15, 0.2) is 0 Å². The van der Waals surface area contributed by atoms with E-state index < -0.39 is 12.1 Å². The van der Waals surface area contributed by atoms with Crippen molar-refractivity contribution in [1.29, 1.82) is 0 Å². The Hall–Kier alpha value is -1.60. The lowest BCUT2D eigenvalue weighted by molar-refractivity contribution is 0.0697. The highest BCUT2D eigenvalue weighted by Gasteiger charge is 2.24. The molecule has 1 saturated heterocycles. The van der Waals surface area contributed by atoms with Crippen LogP contribution in [0.4, 0.5) is 10.5 Å². The number of β-amino-alcohol motifs (C(OH)–C–C–N with tert-alkyl or cyclic N) is 1. The van der Waals surface area contributed by atoms with E-state index in [0.29, 0.717) is 29.7 Å². The maximum Gasteiger partial charge on any atom is 0.335 e. The molecule has 0 aliphatic carbocycles. The van der Waals surface area contributed by atoms with Crippen molar-refractivity contribution in [3.8, 4) is 0 Å². The van der Waals surface area contributed by atoms with Gasteiger partial charge in [-0.15, -0.1) is 0 Å². The summed E-state index contributed by atoms with van der Waals surface area (Å²) in [4.78, 5) is 24.3. The van der Waals surface area contributed by atoms with Crippen LogP contribution in [0.3, 0.4) is 0 Å². The Labute approximate surface area is 118 Å². The van der Waals surface area contributed by atoms with E-state index in [-0.39, 0.29) is 11.6 Å². The molecule has 2 amide bonds. The molecule has 0 bridgehead atoms. The lowest BCUT2D eigenvalue weighted by Crippen LogP contribution is -2.33. The summed E-state index contributed by atoms with van der Waals surface area (Å²) in [5.74, 6) is -1.06. The Kier molecular flexibility index (Phi) is 4.06. The number of carboxylic acids is 1. The summed E-state index contributed by atoms with van der Waals surface area (Å²) < 4.78 is 0.602. The molecule has 1 heterocycles. The van der Waals surface area contributed by atoms with Crippen molar-refractivity contribution in [1.82, 2.24) is 4.90 Å². The van der Waals surface area contributed by atoms with Gasteiger partial charge in [0.2, 0.25) is 0 Å². The molecule has 3 N–H and O–H groups in total. The maximum atomic E-state index is 11.9. The molecule has 1 unspecified atom stereocenters. The summed E-state index contributed by atoms with van der Waals surface area (Å²) in [6.45, 7) is 0.783. The third-order valence-corrected chi connectivity index (χ3v) is 3.60. The quantitative estimate of drug-likeness (QED) is 0.771. The van der Waals surface area contributed by atoms with Gasteiger partial charge in [-0.3, -0.25) is 0 Å². The average molecular weight is 329 g/mol. The first-order chi connectivity index (χ1) is 8.97. The minimum Gasteiger partial charge on any atom is -0.478 e. The average Bonchev–Trinajstić information content (AvgIpc) is 2.78. The summed E-state index contributed by atoms with van der Waals surface area (Å²) >= 11 is 3.25. The molecule has 1 aromatic rings. The fourth-order valence-electron chi connectivity index (χ4n) is 1.87. The largest absolute Gasteiger partial charge is 0.478 e. The van der Waals surface area contributed by atoms with Crippen molar-refractivity contribution in [3.05, 3.63) is 28.2 Å². The van der Waals surface area contributed by atoms with E-state index in [9.17, 15) is 14.7 Å². The van der Waals surface area contributed by atoms with E-state index in [2.05, 4.69) is 21.2 Å². The molecule has 19 heavy (non-hydrogen) atoms. The van der Waals surface area contributed by atoms with Gasteiger partial charge in [0.25, 0.3) is 0 Å². The fourth-order valence-corrected chi connectivity index (χ4v) is 2.22. The minimum absolute atomic E-state index is 0.0972. The lowest BCUT2D eigenvalue weighted by atomic mass is 10.2. The fraction of sp³-hybridized carbons (Fsp3) is 0.333. The lowest BCUT2D eigenvalue weighted by Gasteiger charge is -2.17. The highest BCUT2D eigenvalue weighted by molar-refractivity contribution is 9.10. The van der Waals surface area contributed by atoms with Crippen molar-refractivity contribution >= 4 is 33.6 Å². The minimum atomic E-state index is -1.06. The van der Waals surface area contributed by atoms with E-state index in [0.717, 1.165) is 0 Å². The number of rotatable bonds is 2. The number of amides is 2. The highest BCUT2D eigenvalue weighted by Crippen LogP contribution is 2.24. The molecule has 1 fully saturated rings. The summed E-state index contributed by atoms with van der Waals surface area (Å²) in [5.41, 5.74) is 0.492. The number of benzene rings is 1. The topological polar surface area (TPSA) is 89.9 Å². The number of halogens is 1. The number of nitrogens with one attached hydrogen (secondary N) is 1. The monoisotopic (exact) mass is 328 g/mol. The SMILES string of the molecule is O=C(O)c1ccc(Br)c(NC(=O)N2CCC(O)C2)c1. The highest BCUT2D eigenvalue weighted by atomic mass is 79.9. The van der Waals surface area contributed by atoms with Crippen LogP contribution in [0, 0.1) is 0 Å². The van der Waals surface area contributed by atoms with Gasteiger partial charge in [-0.2, -0.15) is 0 Å². The number of carbonyl (C=O) groups excluding carboxylic acids is 1. The molecule has 6 nitrogen and oxygen atoms in total. The molecule has 0 saturated carbocycles. The summed E-state index contributed by atoms with van der Waals surface area (Å²) in [5, 5.41) is 20.9. The van der Waals surface area contributed by atoms with Gasteiger partial charge < -0.3 is 20.4 Å². The predicted octanol–water partition coefficient (Wildman–Crippen LogP) is 1.75. The molecule has 102 valence electrons. The van der Waals surface area contributed by atoms with E-state index >= 15 is 0 Å². The zero-order chi connectivity index (χ0) is 14.0. The van der Waals surface area contributed by atoms with Gasteiger partial charge >= 0.3 is 12.0 Å². The van der Waals surface area contributed by atoms with Crippen LogP contribution in [-0.4, -0.2) is 46.3 Å². The Balaban J connectivity index is 2.12. The first-order valence-electron chi connectivity index (χ1n) is 5.74. The van der Waals surface area contributed by atoms with Crippen LogP contribution in [0.2, 0.25) is 0 Å².